The van der Waals surface area contributed by atoms with Crippen molar-refractivity contribution in [3.8, 4) is 11.9 Å². The average Bonchev–Trinajstić information content (AvgIpc) is 2.62. The zero-order valence-corrected chi connectivity index (χ0v) is 15.4. The minimum Gasteiger partial charge on any atom is -0.493 e. The zero-order chi connectivity index (χ0) is 20.1. The van der Waals surface area contributed by atoms with E-state index in [0.717, 1.165) is 17.1 Å². The summed E-state index contributed by atoms with van der Waals surface area (Å²) in [7, 11) is 0. The maximum Gasteiger partial charge on any atom is 0.271 e. The van der Waals surface area contributed by atoms with Gasteiger partial charge in [0.1, 0.15) is 17.3 Å². The highest BCUT2D eigenvalue weighted by Gasteiger charge is 2.19. The number of hydrogen-bond acceptors (Lipinski definition) is 7. The van der Waals surface area contributed by atoms with Gasteiger partial charge in [0.15, 0.2) is 5.69 Å². The number of nitro benzene ring substituents is 1. The number of azo groups is 1. The van der Waals surface area contributed by atoms with Crippen molar-refractivity contribution in [3.63, 3.8) is 0 Å². The fourth-order valence-corrected chi connectivity index (χ4v) is 2.59. The van der Waals surface area contributed by atoms with Gasteiger partial charge in [-0.25, -0.2) is 0 Å². The maximum absolute atomic E-state index is 12.4. The van der Waals surface area contributed by atoms with Crippen LogP contribution < -0.4 is 5.56 Å². The van der Waals surface area contributed by atoms with Crippen molar-refractivity contribution in [2.45, 2.75) is 33.2 Å². The molecule has 1 aromatic heterocycles. The summed E-state index contributed by atoms with van der Waals surface area (Å²) in [6.07, 6.45) is 1.42. The third-order valence-corrected chi connectivity index (χ3v) is 4.21. The number of aromatic nitrogens is 1. The molecular formula is C17H16ClN5O4. The molecule has 0 unspecified atom stereocenters. The fourth-order valence-electron chi connectivity index (χ4n) is 2.37. The number of nitrogens with zero attached hydrogens (tertiary/aromatic N) is 5. The molecule has 0 aliphatic rings. The lowest BCUT2D eigenvalue weighted by atomic mass is 10.1. The van der Waals surface area contributed by atoms with Crippen LogP contribution >= 0.6 is 11.6 Å². The van der Waals surface area contributed by atoms with Crippen molar-refractivity contribution in [3.05, 3.63) is 54.8 Å². The summed E-state index contributed by atoms with van der Waals surface area (Å²) in [5, 5.41) is 38.3. The van der Waals surface area contributed by atoms with Crippen LogP contribution in [0.4, 0.5) is 17.1 Å². The Morgan fingerprint density at radius 1 is 1.41 bits per heavy atom. The number of hydrogen-bond donors (Lipinski definition) is 1. The quantitative estimate of drug-likeness (QED) is 0.440. The Kier molecular flexibility index (Phi) is 6.26. The van der Waals surface area contributed by atoms with Gasteiger partial charge in [0.2, 0.25) is 5.88 Å². The van der Waals surface area contributed by atoms with E-state index in [2.05, 4.69) is 10.2 Å². The predicted molar refractivity (Wildman–Crippen MR) is 99.0 cm³/mol. The van der Waals surface area contributed by atoms with Gasteiger partial charge in [-0.15, -0.1) is 10.2 Å². The molecule has 1 N–H and O–H groups in total. The molecule has 0 fully saturated rings. The number of rotatable bonds is 6. The fraction of sp³-hybridized carbons (Fsp3) is 0.294. The number of non-ortho nitro benzene ring substituents is 1. The summed E-state index contributed by atoms with van der Waals surface area (Å²) < 4.78 is 1.08. The molecule has 0 atom stereocenters. The molecule has 1 heterocycles. The molecule has 27 heavy (non-hydrogen) atoms. The van der Waals surface area contributed by atoms with E-state index in [-0.39, 0.29) is 39.8 Å². The predicted octanol–water partition coefficient (Wildman–Crippen LogP) is 4.51. The molecule has 0 saturated heterocycles. The molecule has 2 aromatic rings. The third-order valence-electron chi connectivity index (χ3n) is 3.90. The average molecular weight is 390 g/mol. The van der Waals surface area contributed by atoms with Crippen molar-refractivity contribution in [1.82, 2.24) is 4.57 Å². The van der Waals surface area contributed by atoms with Gasteiger partial charge in [-0.1, -0.05) is 24.9 Å². The van der Waals surface area contributed by atoms with Gasteiger partial charge in [-0.05, 0) is 19.4 Å². The highest BCUT2D eigenvalue weighted by atomic mass is 35.5. The molecule has 0 radical (unpaired) electrons. The molecule has 0 bridgehead atoms. The zero-order valence-electron chi connectivity index (χ0n) is 14.6. The SMILES string of the molecule is CCCCn1c(O)c(/N=N/c2ccc([N+](=O)[O-])cc2Cl)c(C)c(C#N)c1=O. The van der Waals surface area contributed by atoms with Gasteiger partial charge >= 0.3 is 0 Å². The second kappa shape index (κ2) is 8.42. The van der Waals surface area contributed by atoms with E-state index in [1.807, 2.05) is 13.0 Å². The van der Waals surface area contributed by atoms with Crippen LogP contribution in [0.25, 0.3) is 0 Å². The number of benzene rings is 1. The monoisotopic (exact) mass is 389 g/mol. The molecule has 0 aliphatic heterocycles. The molecule has 0 amide bonds. The van der Waals surface area contributed by atoms with Gasteiger partial charge < -0.3 is 5.11 Å². The molecule has 140 valence electrons. The minimum atomic E-state index is -0.592. The van der Waals surface area contributed by atoms with Crippen LogP contribution in [0, 0.1) is 28.4 Å². The first-order valence-corrected chi connectivity index (χ1v) is 8.41. The lowest BCUT2D eigenvalue weighted by Crippen LogP contribution is -2.23. The van der Waals surface area contributed by atoms with E-state index in [9.17, 15) is 25.3 Å². The van der Waals surface area contributed by atoms with Crippen LogP contribution in [0.5, 0.6) is 5.88 Å². The van der Waals surface area contributed by atoms with Crippen molar-refractivity contribution < 1.29 is 10.0 Å². The van der Waals surface area contributed by atoms with E-state index in [4.69, 9.17) is 11.6 Å². The number of nitro groups is 1. The second-order valence-electron chi connectivity index (χ2n) is 5.69. The van der Waals surface area contributed by atoms with Crippen molar-refractivity contribution >= 4 is 28.7 Å². The summed E-state index contributed by atoms with van der Waals surface area (Å²) in [6, 6.07) is 5.49. The largest absolute Gasteiger partial charge is 0.493 e. The lowest BCUT2D eigenvalue weighted by molar-refractivity contribution is -0.384. The smallest absolute Gasteiger partial charge is 0.271 e. The Balaban J connectivity index is 2.55. The van der Waals surface area contributed by atoms with E-state index >= 15 is 0 Å². The van der Waals surface area contributed by atoms with Crippen LogP contribution in [0.1, 0.15) is 30.9 Å². The maximum atomic E-state index is 12.4. The first kappa shape index (κ1) is 20.1. The number of unbranched alkanes of at least 4 members (excludes halogenated alkanes) is 1. The summed E-state index contributed by atoms with van der Waals surface area (Å²) in [5.74, 6) is -0.397. The molecule has 0 spiro atoms. The number of halogens is 1. The van der Waals surface area contributed by atoms with Crippen LogP contribution in [0.2, 0.25) is 5.02 Å². The normalized spacial score (nSPS) is 10.9. The van der Waals surface area contributed by atoms with E-state index < -0.39 is 16.4 Å². The van der Waals surface area contributed by atoms with Crippen LogP contribution in [-0.2, 0) is 6.54 Å². The molecule has 2 rings (SSSR count). The highest BCUT2D eigenvalue weighted by Crippen LogP contribution is 2.35. The standard InChI is InChI=1S/C17H16ClN5O4/c1-3-4-7-22-16(24)12(9-19)10(2)15(17(22)25)21-20-14-6-5-11(23(26)27)8-13(14)18/h5-6,8,25H,3-4,7H2,1-2H3/b21-20+. The highest BCUT2D eigenvalue weighted by molar-refractivity contribution is 6.33. The molecule has 0 saturated carbocycles. The van der Waals surface area contributed by atoms with Crippen LogP contribution in [-0.4, -0.2) is 14.6 Å². The first-order chi connectivity index (χ1) is 12.8. The van der Waals surface area contributed by atoms with Gasteiger partial charge in [-0.3, -0.25) is 19.5 Å². The Bertz CT molecular complexity index is 1020. The summed E-state index contributed by atoms with van der Waals surface area (Å²) in [5.41, 5.74) is -0.615. The van der Waals surface area contributed by atoms with Gasteiger partial charge in [0.25, 0.3) is 11.2 Å². The van der Waals surface area contributed by atoms with Crippen LogP contribution in [0.15, 0.2) is 33.2 Å². The van der Waals surface area contributed by atoms with Gasteiger partial charge in [-0.2, -0.15) is 5.26 Å². The van der Waals surface area contributed by atoms with Crippen LogP contribution in [0.3, 0.4) is 0 Å². The van der Waals surface area contributed by atoms with E-state index in [1.165, 1.54) is 19.1 Å². The second-order valence-corrected chi connectivity index (χ2v) is 6.09. The molecule has 10 heteroatoms. The Morgan fingerprint density at radius 3 is 2.67 bits per heavy atom. The van der Waals surface area contributed by atoms with E-state index in [0.29, 0.717) is 6.42 Å². The molecule has 9 nitrogen and oxygen atoms in total. The lowest BCUT2D eigenvalue weighted by Gasteiger charge is -2.12. The summed E-state index contributed by atoms with van der Waals surface area (Å²) in [6.45, 7) is 3.64. The molecular weight excluding hydrogens is 374 g/mol. The van der Waals surface area contributed by atoms with Crippen molar-refractivity contribution in [1.29, 1.82) is 5.26 Å². The molecule has 1 aromatic carbocycles. The van der Waals surface area contributed by atoms with Gasteiger partial charge in [0, 0.05) is 24.2 Å². The topological polar surface area (TPSA) is 134 Å². The van der Waals surface area contributed by atoms with Crippen molar-refractivity contribution in [2.75, 3.05) is 0 Å². The van der Waals surface area contributed by atoms with Gasteiger partial charge in [0.05, 0.1) is 9.95 Å². The first-order valence-electron chi connectivity index (χ1n) is 8.03. The minimum absolute atomic E-state index is 0.00454. The summed E-state index contributed by atoms with van der Waals surface area (Å²) >= 11 is 5.97. The van der Waals surface area contributed by atoms with Crippen molar-refractivity contribution in [2.24, 2.45) is 10.2 Å². The number of aromatic hydroxyl groups is 1. The molecule has 0 aliphatic carbocycles. The Morgan fingerprint density at radius 2 is 2.11 bits per heavy atom. The Hall–Kier alpha value is -3.25. The Labute approximate surface area is 159 Å². The third kappa shape index (κ3) is 4.12. The van der Waals surface area contributed by atoms with E-state index in [1.54, 1.807) is 0 Å². The number of pyridine rings is 1. The number of nitriles is 1. The summed E-state index contributed by atoms with van der Waals surface area (Å²) in [4.78, 5) is 22.5.